The van der Waals surface area contributed by atoms with E-state index in [1.165, 1.54) is 14.2 Å². The van der Waals surface area contributed by atoms with Crippen LogP contribution in [0, 0.1) is 13.8 Å². The van der Waals surface area contributed by atoms with Crippen LogP contribution >= 0.6 is 0 Å². The van der Waals surface area contributed by atoms with Crippen LogP contribution in [-0.2, 0) is 19.1 Å². The maximum absolute atomic E-state index is 14.2. The van der Waals surface area contributed by atoms with Crippen molar-refractivity contribution in [2.75, 3.05) is 38.1 Å². The van der Waals surface area contributed by atoms with Crippen LogP contribution < -0.4 is 20.1 Å². The molecule has 0 saturated carbocycles. The van der Waals surface area contributed by atoms with Crippen molar-refractivity contribution in [2.24, 2.45) is 0 Å². The molecule has 88 heavy (non-hydrogen) atoms. The maximum atomic E-state index is 14.2. The molecule has 7 heterocycles. The fourth-order valence-electron chi connectivity index (χ4n) is 11.2. The SMILES string of the molecule is COC(=O)COc1ccc2ccccc2c1-c1c2nc(c(-c3ccccc3NC(=O)c3ccc(C)nc3)c3ccc([nH]3)c(-c3c(OCC(=O)OC)ccc4ccccc34)c3nc(c(-c4ccccc4NC(=O)c4ccc(C)nc4)c4ccc1[nH]4)C=C3)C=C2. The Kier molecular flexibility index (Phi) is 14.9. The number of ether oxygens (including phenoxy) is 4. The monoisotopic (exact) mass is 1160 g/mol. The summed E-state index contributed by atoms with van der Waals surface area (Å²) in [4.78, 5) is 81.9. The van der Waals surface area contributed by atoms with E-state index in [9.17, 15) is 19.2 Å². The van der Waals surface area contributed by atoms with Crippen LogP contribution in [0.3, 0.4) is 0 Å². The summed E-state index contributed by atoms with van der Waals surface area (Å²) >= 11 is 0. The number of hydrogen-bond donors (Lipinski definition) is 4. The molecule has 13 rings (SSSR count). The standard InChI is InChI=1S/C72H54N8O8/c1-41-21-23-45(37-73-41)71(83)79-51-19-11-9-17-49(51)65-53-27-31-57(75-53)69(67-47-15-7-5-13-43(47)25-35-61(67)87-39-63(81)85-3)59-33-29-55(77-59)66(50-18-10-12-20-52(50)80-72(84)46-24-22-42(2)74-38-46)56-30-34-60(78-56)70(58-32-28-54(65)76-58)68-48-16-8-6-14-44(48)26-36-62(68)88-40-64(82)86-4/h5-38,75,78H,39-40H2,1-4H3,(H,79,83)(H,80,84). The van der Waals surface area contributed by atoms with E-state index in [1.54, 1.807) is 36.7 Å². The van der Waals surface area contributed by atoms with Gasteiger partial charge in [-0.2, -0.15) is 0 Å². The van der Waals surface area contributed by atoms with Crippen molar-refractivity contribution in [3.8, 4) is 56.0 Å². The number of methoxy groups -OCH3 is 2. The van der Waals surface area contributed by atoms with Crippen molar-refractivity contribution in [2.45, 2.75) is 13.8 Å². The third kappa shape index (κ3) is 10.8. The molecule has 0 spiro atoms. The highest BCUT2D eigenvalue weighted by Crippen LogP contribution is 2.47. The van der Waals surface area contributed by atoms with Crippen LogP contribution in [0.1, 0.15) is 54.9 Å². The van der Waals surface area contributed by atoms with Gasteiger partial charge < -0.3 is 39.5 Å². The number of rotatable bonds is 14. The average molecular weight is 1160 g/mol. The van der Waals surface area contributed by atoms with Gasteiger partial charge in [-0.15, -0.1) is 0 Å². The van der Waals surface area contributed by atoms with Gasteiger partial charge in [0.05, 0.1) is 48.1 Å². The largest absolute Gasteiger partial charge is 0.481 e. The first-order chi connectivity index (χ1) is 43.0. The number of carbonyl (C=O) groups is 4. The lowest BCUT2D eigenvalue weighted by molar-refractivity contribution is -0.143. The number of nitrogens with one attached hydrogen (secondary N) is 4. The Hall–Kier alpha value is -11.8. The van der Waals surface area contributed by atoms with Crippen molar-refractivity contribution >= 4 is 103 Å². The maximum Gasteiger partial charge on any atom is 0.343 e. The molecule has 0 radical (unpaired) electrons. The van der Waals surface area contributed by atoms with Crippen LogP contribution in [0.25, 0.3) is 112 Å². The number of aromatic nitrogens is 6. The lowest BCUT2D eigenvalue weighted by atomic mass is 9.95. The number of carbonyl (C=O) groups excluding carboxylic acids is 4. The average Bonchev–Trinajstić information content (AvgIpc) is 2.14. The third-order valence-corrected chi connectivity index (χ3v) is 15.4. The number of aryl methyl sites for hydroxylation is 2. The van der Waals surface area contributed by atoms with E-state index < -0.39 is 11.9 Å². The topological polar surface area (TPSA) is 212 Å². The Balaban J connectivity index is 1.18. The molecule has 0 saturated heterocycles. The number of nitrogens with zero attached hydrogens (tertiary/aromatic N) is 4. The van der Waals surface area contributed by atoms with Crippen LogP contribution in [0.15, 0.2) is 182 Å². The molecule has 2 aliphatic rings. The van der Waals surface area contributed by atoms with Gasteiger partial charge in [0.15, 0.2) is 13.2 Å². The molecule has 0 fully saturated rings. The predicted molar refractivity (Wildman–Crippen MR) is 344 cm³/mol. The minimum Gasteiger partial charge on any atom is -0.481 e. The summed E-state index contributed by atoms with van der Waals surface area (Å²) in [6, 6.07) is 53.4. The highest BCUT2D eigenvalue weighted by molar-refractivity contribution is 6.12. The number of para-hydroxylation sites is 2. The van der Waals surface area contributed by atoms with Crippen LogP contribution in [-0.4, -0.2) is 81.1 Å². The zero-order valence-electron chi connectivity index (χ0n) is 48.1. The second kappa shape index (κ2) is 23.7. The molecule has 2 amide bonds. The molecule has 4 N–H and O–H groups in total. The summed E-state index contributed by atoms with van der Waals surface area (Å²) in [5, 5.41) is 9.78. The second-order valence-electron chi connectivity index (χ2n) is 20.9. The molecular formula is C72H54N8O8. The Morgan fingerprint density at radius 1 is 0.409 bits per heavy atom. The quantitative estimate of drug-likeness (QED) is 0.0749. The minimum absolute atomic E-state index is 0.361. The first-order valence-electron chi connectivity index (χ1n) is 28.3. The van der Waals surface area contributed by atoms with Crippen molar-refractivity contribution in [1.82, 2.24) is 29.9 Å². The first kappa shape index (κ1) is 55.4. The lowest BCUT2D eigenvalue weighted by Crippen LogP contribution is -2.13. The number of H-pyrrole nitrogens is 2. The molecule has 0 aliphatic carbocycles. The van der Waals surface area contributed by atoms with E-state index in [0.717, 1.165) is 32.9 Å². The van der Waals surface area contributed by atoms with E-state index in [-0.39, 0.29) is 25.0 Å². The third-order valence-electron chi connectivity index (χ3n) is 15.4. The van der Waals surface area contributed by atoms with Crippen LogP contribution in [0.5, 0.6) is 11.5 Å². The summed E-state index contributed by atoms with van der Waals surface area (Å²) in [7, 11) is 2.63. The summed E-state index contributed by atoms with van der Waals surface area (Å²) in [5.41, 5.74) is 12.9. The van der Waals surface area contributed by atoms with E-state index in [1.807, 2.05) is 184 Å². The first-order valence-corrected chi connectivity index (χ1v) is 28.3. The summed E-state index contributed by atoms with van der Waals surface area (Å²) < 4.78 is 23.0. The van der Waals surface area contributed by atoms with E-state index in [2.05, 4.69) is 30.6 Å². The van der Waals surface area contributed by atoms with Crippen molar-refractivity contribution in [1.29, 1.82) is 0 Å². The zero-order valence-corrected chi connectivity index (χ0v) is 48.1. The molecule has 8 bridgehead atoms. The van der Waals surface area contributed by atoms with Crippen LogP contribution in [0.4, 0.5) is 11.4 Å². The van der Waals surface area contributed by atoms with E-state index in [4.69, 9.17) is 28.9 Å². The van der Waals surface area contributed by atoms with Crippen molar-refractivity contribution < 1.29 is 38.1 Å². The predicted octanol–water partition coefficient (Wildman–Crippen LogP) is 14.6. The van der Waals surface area contributed by atoms with Crippen LogP contribution in [0.2, 0.25) is 0 Å². The minimum atomic E-state index is -0.567. The molecule has 11 aromatic rings. The number of aromatic amines is 2. The highest BCUT2D eigenvalue weighted by Gasteiger charge is 2.26. The van der Waals surface area contributed by atoms with Gasteiger partial charge in [-0.3, -0.25) is 19.6 Å². The molecular weight excluding hydrogens is 1100 g/mol. The van der Waals surface area contributed by atoms with Crippen molar-refractivity contribution in [3.05, 3.63) is 228 Å². The number of anilines is 2. The van der Waals surface area contributed by atoms with Gasteiger partial charge >= 0.3 is 11.9 Å². The molecule has 16 nitrogen and oxygen atoms in total. The molecule has 430 valence electrons. The van der Waals surface area contributed by atoms with Gasteiger partial charge in [0, 0.05) is 102 Å². The van der Waals surface area contributed by atoms with Gasteiger partial charge in [0.25, 0.3) is 11.8 Å². The number of benzene rings is 6. The second-order valence-corrected chi connectivity index (χ2v) is 20.9. The van der Waals surface area contributed by atoms with Gasteiger partial charge in [0.1, 0.15) is 11.5 Å². The Labute approximate surface area is 504 Å². The molecule has 2 aliphatic heterocycles. The Morgan fingerprint density at radius 2 is 0.784 bits per heavy atom. The molecule has 16 heteroatoms. The highest BCUT2D eigenvalue weighted by atomic mass is 16.6. The Morgan fingerprint density at radius 3 is 1.18 bits per heavy atom. The van der Waals surface area contributed by atoms with E-state index in [0.29, 0.717) is 123 Å². The smallest absolute Gasteiger partial charge is 0.343 e. The lowest BCUT2D eigenvalue weighted by Gasteiger charge is -2.16. The fraction of sp³-hybridized carbons (Fsp3) is 0.0833. The van der Waals surface area contributed by atoms with Gasteiger partial charge in [-0.1, -0.05) is 97.1 Å². The summed E-state index contributed by atoms with van der Waals surface area (Å²) in [5.74, 6) is -1.07. The summed E-state index contributed by atoms with van der Waals surface area (Å²) in [6.07, 6.45) is 10.9. The molecule has 5 aromatic heterocycles. The normalized spacial score (nSPS) is 11.6. The number of fused-ring (bicyclic) bond motifs is 10. The number of esters is 2. The zero-order chi connectivity index (χ0) is 60.4. The van der Waals surface area contributed by atoms with E-state index >= 15 is 0 Å². The van der Waals surface area contributed by atoms with Gasteiger partial charge in [-0.05, 0) is 132 Å². The molecule has 0 atom stereocenters. The van der Waals surface area contributed by atoms with Gasteiger partial charge in [-0.25, -0.2) is 19.6 Å². The van der Waals surface area contributed by atoms with Crippen molar-refractivity contribution in [3.63, 3.8) is 0 Å². The van der Waals surface area contributed by atoms with Gasteiger partial charge in [0.2, 0.25) is 0 Å². The molecule has 6 aromatic carbocycles. The number of hydrogen-bond acceptors (Lipinski definition) is 12. The Bertz CT molecular complexity index is 4580. The number of amides is 2. The summed E-state index contributed by atoms with van der Waals surface area (Å²) in [6.45, 7) is 2.97. The molecule has 0 unspecified atom stereocenters. The number of pyridine rings is 2. The fourth-order valence-corrected chi connectivity index (χ4v) is 11.2.